The van der Waals surface area contributed by atoms with Gasteiger partial charge in [0.25, 0.3) is 0 Å². The van der Waals surface area contributed by atoms with E-state index in [-0.39, 0.29) is 17.1 Å². The lowest BCUT2D eigenvalue weighted by Gasteiger charge is -2.01. The second kappa shape index (κ2) is 7.80. The molecule has 0 aliphatic carbocycles. The van der Waals surface area contributed by atoms with Gasteiger partial charge in [0.2, 0.25) is 0 Å². The van der Waals surface area contributed by atoms with E-state index >= 15 is 0 Å². The van der Waals surface area contributed by atoms with Gasteiger partial charge in [-0.1, -0.05) is 47.0 Å². The summed E-state index contributed by atoms with van der Waals surface area (Å²) in [7, 11) is 0. The van der Waals surface area contributed by atoms with E-state index in [1.165, 1.54) is 37.4 Å². The van der Waals surface area contributed by atoms with Crippen LogP contribution in [-0.4, -0.2) is 10.9 Å². The molecule has 0 amide bonds. The number of thioether (sulfide) groups is 4. The molecule has 136 valence electrons. The van der Waals surface area contributed by atoms with Crippen molar-refractivity contribution in [1.82, 2.24) is 0 Å². The fraction of sp³-hybridized carbons (Fsp3) is 0.222. The average Bonchev–Trinajstić information content (AvgIpc) is 3.07. The first-order valence-electron chi connectivity index (χ1n) is 7.66. The molecule has 0 saturated heterocycles. The van der Waals surface area contributed by atoms with Crippen LogP contribution in [0, 0.1) is 6.92 Å². The van der Waals surface area contributed by atoms with Crippen LogP contribution in [0.3, 0.4) is 0 Å². The zero-order chi connectivity index (χ0) is 19.0. The lowest BCUT2D eigenvalue weighted by molar-refractivity contribution is 0.104. The van der Waals surface area contributed by atoms with Gasteiger partial charge in [-0.05, 0) is 49.7 Å². The molecule has 4 nitrogen and oxygen atoms in total. The van der Waals surface area contributed by atoms with Crippen molar-refractivity contribution in [3.63, 3.8) is 0 Å². The van der Waals surface area contributed by atoms with Crippen LogP contribution in [-0.2, 0) is 0 Å². The summed E-state index contributed by atoms with van der Waals surface area (Å²) >= 11 is 6.87. The van der Waals surface area contributed by atoms with Gasteiger partial charge in [-0.25, -0.2) is 4.79 Å². The Morgan fingerprint density at radius 1 is 1.00 bits per heavy atom. The number of carbonyl (C=O) groups excluding carboxylic acids is 1. The number of ketones is 1. The molecule has 8 heteroatoms. The Bertz CT molecular complexity index is 963. The molecule has 2 aliphatic heterocycles. The van der Waals surface area contributed by atoms with Crippen LogP contribution >= 0.6 is 47.0 Å². The summed E-state index contributed by atoms with van der Waals surface area (Å²) in [5.41, 5.74) is -1.16. The van der Waals surface area contributed by atoms with Gasteiger partial charge in [0.05, 0.1) is 8.47 Å². The molecule has 26 heavy (non-hydrogen) atoms. The van der Waals surface area contributed by atoms with E-state index in [1.807, 2.05) is 6.92 Å². The normalized spacial score (nSPS) is 18.0. The molecule has 0 radical (unpaired) electrons. The molecule has 3 rings (SSSR count). The summed E-state index contributed by atoms with van der Waals surface area (Å²) in [6.07, 6.45) is 3.00. The van der Waals surface area contributed by atoms with Crippen LogP contribution in [0.2, 0.25) is 0 Å². The minimum Gasteiger partial charge on any atom is -0.507 e. The van der Waals surface area contributed by atoms with E-state index in [9.17, 15) is 14.7 Å². The molecular formula is C18H16O4S4. The van der Waals surface area contributed by atoms with Crippen molar-refractivity contribution in [3.8, 4) is 5.75 Å². The van der Waals surface area contributed by atoms with Crippen LogP contribution in [0.5, 0.6) is 5.75 Å². The van der Waals surface area contributed by atoms with Crippen LogP contribution in [0.1, 0.15) is 36.9 Å². The van der Waals surface area contributed by atoms with Crippen LogP contribution in [0.25, 0.3) is 0 Å². The Hall–Kier alpha value is -1.22. The lowest BCUT2D eigenvalue weighted by Crippen LogP contribution is -2.13. The molecular weight excluding hydrogens is 408 g/mol. The first-order chi connectivity index (χ1) is 12.3. The van der Waals surface area contributed by atoms with Crippen molar-refractivity contribution in [2.75, 3.05) is 0 Å². The number of rotatable bonds is 3. The first kappa shape index (κ1) is 19.5. The second-order valence-corrected chi connectivity index (χ2v) is 10.9. The SMILES string of the molecule is CC1=C(C)SC(=C2SC(C)=C(/C=C/C(=O)c3c(O)cc(C)oc3=O)S2)S1. The fourth-order valence-electron chi connectivity index (χ4n) is 2.20. The topological polar surface area (TPSA) is 67.5 Å². The van der Waals surface area contributed by atoms with Crippen LogP contribution in [0.4, 0.5) is 0 Å². The minimum atomic E-state index is -0.824. The summed E-state index contributed by atoms with van der Waals surface area (Å²) < 4.78 is 7.37. The molecule has 0 aromatic carbocycles. The number of aryl methyl sites for hydroxylation is 1. The van der Waals surface area contributed by atoms with Gasteiger partial charge < -0.3 is 9.52 Å². The Morgan fingerprint density at radius 3 is 2.19 bits per heavy atom. The quantitative estimate of drug-likeness (QED) is 0.471. The Kier molecular flexibility index (Phi) is 5.86. The highest BCUT2D eigenvalue weighted by Gasteiger charge is 2.25. The first-order valence-corrected chi connectivity index (χ1v) is 10.9. The molecule has 0 saturated carbocycles. The molecule has 0 atom stereocenters. The van der Waals surface area contributed by atoms with E-state index in [4.69, 9.17) is 4.42 Å². The maximum absolute atomic E-state index is 12.3. The van der Waals surface area contributed by atoms with E-state index in [2.05, 4.69) is 13.8 Å². The molecule has 1 N–H and O–H groups in total. The molecule has 3 heterocycles. The van der Waals surface area contributed by atoms with Crippen molar-refractivity contribution in [3.05, 3.63) is 68.1 Å². The summed E-state index contributed by atoms with van der Waals surface area (Å²) in [6, 6.07) is 1.27. The highest BCUT2D eigenvalue weighted by atomic mass is 32.2. The Morgan fingerprint density at radius 2 is 1.58 bits per heavy atom. The zero-order valence-corrected chi connectivity index (χ0v) is 17.8. The Balaban J connectivity index is 1.78. The smallest absolute Gasteiger partial charge is 0.351 e. The summed E-state index contributed by atoms with van der Waals surface area (Å²) in [4.78, 5) is 28.8. The molecule has 1 aromatic rings. The molecule has 0 fully saturated rings. The van der Waals surface area contributed by atoms with Crippen LogP contribution in [0.15, 0.2) is 55.5 Å². The molecule has 2 aliphatic rings. The van der Waals surface area contributed by atoms with Gasteiger partial charge in [0, 0.05) is 15.9 Å². The third kappa shape index (κ3) is 4.03. The number of hydrogen-bond acceptors (Lipinski definition) is 8. The number of allylic oxidation sites excluding steroid dienone is 5. The number of aromatic hydroxyl groups is 1. The Labute approximate surface area is 168 Å². The predicted molar refractivity (Wildman–Crippen MR) is 113 cm³/mol. The van der Waals surface area contributed by atoms with Crippen molar-refractivity contribution in [2.24, 2.45) is 0 Å². The largest absolute Gasteiger partial charge is 0.507 e. The maximum atomic E-state index is 12.3. The molecule has 0 unspecified atom stereocenters. The fourth-order valence-corrected chi connectivity index (χ4v) is 7.53. The second-order valence-electron chi connectivity index (χ2n) is 5.62. The maximum Gasteiger partial charge on any atom is 0.351 e. The minimum absolute atomic E-state index is 0.261. The van der Waals surface area contributed by atoms with Gasteiger partial charge in [-0.2, -0.15) is 0 Å². The molecule has 0 spiro atoms. The van der Waals surface area contributed by atoms with E-state index < -0.39 is 11.4 Å². The van der Waals surface area contributed by atoms with Gasteiger partial charge in [-0.15, -0.1) is 0 Å². The zero-order valence-electron chi connectivity index (χ0n) is 14.5. The number of carbonyl (C=O) groups is 1. The summed E-state index contributed by atoms with van der Waals surface area (Å²) in [5.74, 6) is -0.663. The third-order valence-corrected chi connectivity index (χ3v) is 9.38. The predicted octanol–water partition coefficient (Wildman–Crippen LogP) is 5.96. The monoisotopic (exact) mass is 424 g/mol. The third-order valence-electron chi connectivity index (χ3n) is 3.64. The summed E-state index contributed by atoms with van der Waals surface area (Å²) in [5, 5.41) is 9.87. The van der Waals surface area contributed by atoms with Crippen molar-refractivity contribution >= 4 is 52.8 Å². The number of hydrogen-bond donors (Lipinski definition) is 1. The van der Waals surface area contributed by atoms with Crippen molar-refractivity contribution in [2.45, 2.75) is 27.7 Å². The van der Waals surface area contributed by atoms with E-state index in [1.54, 1.807) is 53.1 Å². The van der Waals surface area contributed by atoms with Gasteiger partial charge in [0.15, 0.2) is 5.78 Å². The van der Waals surface area contributed by atoms with Gasteiger partial charge in [-0.3, -0.25) is 4.79 Å². The molecule has 1 aromatic heterocycles. The standard InChI is InChI=1S/C18H16O4S4/c1-8-7-13(20)15(16(21)22-8)12(19)5-6-14-11(4)25-18(26-14)17-23-9(2)10(3)24-17/h5-7,20H,1-4H3/b6-5+. The van der Waals surface area contributed by atoms with Gasteiger partial charge >= 0.3 is 5.63 Å². The summed E-state index contributed by atoms with van der Waals surface area (Å²) in [6.45, 7) is 7.77. The molecule has 0 bridgehead atoms. The highest BCUT2D eigenvalue weighted by molar-refractivity contribution is 8.34. The van der Waals surface area contributed by atoms with E-state index in [0.717, 1.165) is 9.81 Å². The van der Waals surface area contributed by atoms with Crippen molar-refractivity contribution < 1.29 is 14.3 Å². The van der Waals surface area contributed by atoms with Gasteiger partial charge in [0.1, 0.15) is 17.1 Å². The highest BCUT2D eigenvalue weighted by Crippen LogP contribution is 2.59. The lowest BCUT2D eigenvalue weighted by atomic mass is 10.1. The average molecular weight is 425 g/mol. The van der Waals surface area contributed by atoms with Crippen LogP contribution < -0.4 is 5.63 Å². The van der Waals surface area contributed by atoms with Crippen molar-refractivity contribution in [1.29, 1.82) is 0 Å². The van der Waals surface area contributed by atoms with E-state index in [0.29, 0.717) is 0 Å².